The molecule has 0 spiro atoms. The molecule has 0 radical (unpaired) electrons. The van der Waals surface area contributed by atoms with Gasteiger partial charge < -0.3 is 19.4 Å². The third-order valence-electron chi connectivity index (χ3n) is 3.45. The quantitative estimate of drug-likeness (QED) is 0.868. The fraction of sp³-hybridized carbons (Fsp3) is 0.294. The Morgan fingerprint density at radius 3 is 2.75 bits per heavy atom. The Kier molecular flexibility index (Phi) is 5.87. The molecule has 24 heavy (non-hydrogen) atoms. The molecule has 6 nitrogen and oxygen atoms in total. The Bertz CT molecular complexity index is 802. The standard InChI is InChI=1S/C17H19ClN2O4/c1-4-24-16-12(18)8-11(9-14(16)23-3)10-19-17(22)13-6-5-7-15(21)20(13)2/h5-9H,4,10H2,1-3H3,(H,19,22). The molecule has 0 atom stereocenters. The third kappa shape index (κ3) is 3.89. The lowest BCUT2D eigenvalue weighted by Gasteiger charge is -2.14. The molecule has 2 aromatic rings. The van der Waals surface area contributed by atoms with E-state index in [-0.39, 0.29) is 23.7 Å². The number of carbonyl (C=O) groups excluding carboxylic acids is 1. The summed E-state index contributed by atoms with van der Waals surface area (Å²) in [4.78, 5) is 23.8. The lowest BCUT2D eigenvalue weighted by atomic mass is 10.2. The number of nitrogens with one attached hydrogen (secondary N) is 1. The van der Waals surface area contributed by atoms with Crippen LogP contribution in [-0.2, 0) is 13.6 Å². The number of hydrogen-bond donors (Lipinski definition) is 1. The summed E-state index contributed by atoms with van der Waals surface area (Å²) in [6.45, 7) is 2.56. The van der Waals surface area contributed by atoms with Gasteiger partial charge in [-0.15, -0.1) is 0 Å². The van der Waals surface area contributed by atoms with Gasteiger partial charge in [0.05, 0.1) is 18.7 Å². The highest BCUT2D eigenvalue weighted by molar-refractivity contribution is 6.32. The first kappa shape index (κ1) is 17.9. The second kappa shape index (κ2) is 7.88. The van der Waals surface area contributed by atoms with E-state index < -0.39 is 0 Å². The van der Waals surface area contributed by atoms with Crippen molar-refractivity contribution in [1.29, 1.82) is 0 Å². The van der Waals surface area contributed by atoms with Gasteiger partial charge >= 0.3 is 0 Å². The summed E-state index contributed by atoms with van der Waals surface area (Å²) in [6, 6.07) is 7.99. The minimum atomic E-state index is -0.348. The summed E-state index contributed by atoms with van der Waals surface area (Å²) in [7, 11) is 3.07. The number of hydrogen-bond acceptors (Lipinski definition) is 4. The summed E-state index contributed by atoms with van der Waals surface area (Å²) in [6.07, 6.45) is 0. The second-order valence-corrected chi connectivity index (χ2v) is 5.44. The predicted octanol–water partition coefficient (Wildman–Crippen LogP) is 2.38. The first-order valence-electron chi connectivity index (χ1n) is 7.41. The number of aromatic nitrogens is 1. The molecule has 1 N–H and O–H groups in total. The molecule has 0 saturated carbocycles. The number of pyridine rings is 1. The number of rotatable bonds is 6. The Morgan fingerprint density at radius 1 is 1.33 bits per heavy atom. The van der Waals surface area contributed by atoms with Gasteiger partial charge in [-0.05, 0) is 30.7 Å². The molecule has 128 valence electrons. The van der Waals surface area contributed by atoms with Crippen LogP contribution in [0, 0.1) is 0 Å². The topological polar surface area (TPSA) is 69.6 Å². The minimum Gasteiger partial charge on any atom is -0.493 e. The normalized spacial score (nSPS) is 10.3. The number of benzene rings is 1. The van der Waals surface area contributed by atoms with Crippen LogP contribution in [0.3, 0.4) is 0 Å². The molecule has 1 aromatic heterocycles. The molecular formula is C17H19ClN2O4. The number of carbonyl (C=O) groups is 1. The molecule has 1 aromatic carbocycles. The average Bonchev–Trinajstić information content (AvgIpc) is 2.57. The second-order valence-electron chi connectivity index (χ2n) is 5.03. The van der Waals surface area contributed by atoms with E-state index in [4.69, 9.17) is 21.1 Å². The van der Waals surface area contributed by atoms with Gasteiger partial charge in [0, 0.05) is 19.7 Å². The van der Waals surface area contributed by atoms with Gasteiger partial charge in [-0.3, -0.25) is 9.59 Å². The monoisotopic (exact) mass is 350 g/mol. The number of halogens is 1. The first-order valence-corrected chi connectivity index (χ1v) is 7.79. The largest absolute Gasteiger partial charge is 0.493 e. The molecule has 1 heterocycles. The zero-order valence-electron chi connectivity index (χ0n) is 13.8. The van der Waals surface area contributed by atoms with Crippen molar-refractivity contribution in [2.24, 2.45) is 7.05 Å². The lowest BCUT2D eigenvalue weighted by molar-refractivity contribution is 0.0941. The van der Waals surface area contributed by atoms with Crippen molar-refractivity contribution in [2.45, 2.75) is 13.5 Å². The van der Waals surface area contributed by atoms with Crippen LogP contribution in [0.1, 0.15) is 23.0 Å². The summed E-state index contributed by atoms with van der Waals surface area (Å²) < 4.78 is 12.0. The van der Waals surface area contributed by atoms with Crippen molar-refractivity contribution < 1.29 is 14.3 Å². The Hall–Kier alpha value is -2.47. The molecular weight excluding hydrogens is 332 g/mol. The van der Waals surface area contributed by atoms with E-state index in [0.717, 1.165) is 5.56 Å². The van der Waals surface area contributed by atoms with Crippen LogP contribution in [0.15, 0.2) is 35.1 Å². The number of amides is 1. The van der Waals surface area contributed by atoms with Crippen molar-refractivity contribution in [3.8, 4) is 11.5 Å². The maximum atomic E-state index is 12.2. The third-order valence-corrected chi connectivity index (χ3v) is 3.73. The summed E-state index contributed by atoms with van der Waals surface area (Å²) >= 11 is 6.21. The number of ether oxygens (including phenoxy) is 2. The lowest BCUT2D eigenvalue weighted by Crippen LogP contribution is -2.30. The van der Waals surface area contributed by atoms with Crippen LogP contribution in [0.2, 0.25) is 5.02 Å². The maximum Gasteiger partial charge on any atom is 0.268 e. The first-order chi connectivity index (χ1) is 11.5. The van der Waals surface area contributed by atoms with Crippen molar-refractivity contribution in [3.05, 3.63) is 57.0 Å². The van der Waals surface area contributed by atoms with Crippen LogP contribution in [0.25, 0.3) is 0 Å². The highest BCUT2D eigenvalue weighted by atomic mass is 35.5. The summed E-state index contributed by atoms with van der Waals surface area (Å²) in [5.74, 6) is 0.627. The zero-order valence-corrected chi connectivity index (χ0v) is 14.5. The zero-order chi connectivity index (χ0) is 17.7. The van der Waals surface area contributed by atoms with Crippen molar-refractivity contribution in [3.63, 3.8) is 0 Å². The Morgan fingerprint density at radius 2 is 2.08 bits per heavy atom. The Labute approximate surface area is 145 Å². The predicted molar refractivity (Wildman–Crippen MR) is 92.0 cm³/mol. The highest BCUT2D eigenvalue weighted by Gasteiger charge is 2.13. The highest BCUT2D eigenvalue weighted by Crippen LogP contribution is 2.36. The average molecular weight is 351 g/mol. The van der Waals surface area contributed by atoms with E-state index in [0.29, 0.717) is 23.1 Å². The maximum absolute atomic E-state index is 12.2. The van der Waals surface area contributed by atoms with Gasteiger partial charge in [0.25, 0.3) is 11.5 Å². The van der Waals surface area contributed by atoms with Gasteiger partial charge in [0.2, 0.25) is 0 Å². The molecule has 0 fully saturated rings. The van der Waals surface area contributed by atoms with E-state index >= 15 is 0 Å². The smallest absolute Gasteiger partial charge is 0.268 e. The minimum absolute atomic E-state index is 0.240. The van der Waals surface area contributed by atoms with Gasteiger partial charge in [-0.25, -0.2) is 0 Å². The number of nitrogens with zero attached hydrogens (tertiary/aromatic N) is 1. The van der Waals surface area contributed by atoms with Crippen LogP contribution in [-0.4, -0.2) is 24.2 Å². The van der Waals surface area contributed by atoms with Crippen LogP contribution in [0.5, 0.6) is 11.5 Å². The fourth-order valence-electron chi connectivity index (χ4n) is 2.22. The van der Waals surface area contributed by atoms with Gasteiger partial charge in [0.1, 0.15) is 5.69 Å². The van der Waals surface area contributed by atoms with Crippen molar-refractivity contribution in [2.75, 3.05) is 13.7 Å². The van der Waals surface area contributed by atoms with E-state index in [1.807, 2.05) is 6.92 Å². The Balaban J connectivity index is 2.17. The van der Waals surface area contributed by atoms with Crippen LogP contribution in [0.4, 0.5) is 0 Å². The molecule has 0 aliphatic heterocycles. The van der Waals surface area contributed by atoms with E-state index in [2.05, 4.69) is 5.32 Å². The van der Waals surface area contributed by atoms with E-state index in [1.165, 1.54) is 17.7 Å². The molecule has 0 aliphatic rings. The number of methoxy groups -OCH3 is 1. The van der Waals surface area contributed by atoms with Crippen LogP contribution >= 0.6 is 11.6 Å². The summed E-state index contributed by atoms with van der Waals surface area (Å²) in [5.41, 5.74) is 0.800. The van der Waals surface area contributed by atoms with Crippen LogP contribution < -0.4 is 20.3 Å². The molecule has 0 unspecified atom stereocenters. The molecule has 0 aliphatic carbocycles. The van der Waals surface area contributed by atoms with Crippen molar-refractivity contribution in [1.82, 2.24) is 9.88 Å². The van der Waals surface area contributed by atoms with Crippen molar-refractivity contribution >= 4 is 17.5 Å². The van der Waals surface area contributed by atoms with Gasteiger partial charge in [-0.2, -0.15) is 0 Å². The molecule has 1 amide bonds. The molecule has 2 rings (SSSR count). The van der Waals surface area contributed by atoms with E-state index in [1.54, 1.807) is 31.3 Å². The van der Waals surface area contributed by atoms with E-state index in [9.17, 15) is 9.59 Å². The van der Waals surface area contributed by atoms with Gasteiger partial charge in [-0.1, -0.05) is 17.7 Å². The molecule has 0 saturated heterocycles. The fourth-order valence-corrected chi connectivity index (χ4v) is 2.51. The summed E-state index contributed by atoms with van der Waals surface area (Å²) in [5, 5.41) is 3.17. The molecule has 7 heteroatoms. The SMILES string of the molecule is CCOc1c(Cl)cc(CNC(=O)c2cccc(=O)n2C)cc1OC. The molecule has 0 bridgehead atoms. The van der Waals surface area contributed by atoms with Gasteiger partial charge in [0.15, 0.2) is 11.5 Å².